The van der Waals surface area contributed by atoms with E-state index >= 15 is 0 Å². The molecule has 0 fully saturated rings. The van der Waals surface area contributed by atoms with Gasteiger partial charge in [0.25, 0.3) is 0 Å². The number of hydrogen-bond donors (Lipinski definition) is 1. The number of rotatable bonds is 7. The lowest BCUT2D eigenvalue weighted by Gasteiger charge is -2.20. The Morgan fingerprint density at radius 1 is 0.821 bits per heavy atom. The lowest BCUT2D eigenvalue weighted by molar-refractivity contribution is -0.121. The number of halogens is 1. The fourth-order valence-corrected chi connectivity index (χ4v) is 4.11. The zero-order valence-electron chi connectivity index (χ0n) is 15.1. The highest BCUT2D eigenvalue weighted by Gasteiger charge is 2.20. The van der Waals surface area contributed by atoms with Gasteiger partial charge < -0.3 is 5.32 Å². The van der Waals surface area contributed by atoms with Gasteiger partial charge in [-0.2, -0.15) is 0 Å². The van der Waals surface area contributed by atoms with Crippen LogP contribution in [0.15, 0.2) is 89.8 Å². The summed E-state index contributed by atoms with van der Waals surface area (Å²) in [7, 11) is -3.66. The van der Waals surface area contributed by atoms with Crippen LogP contribution in [0, 0.1) is 5.82 Å². The summed E-state index contributed by atoms with van der Waals surface area (Å²) >= 11 is 0. The molecule has 28 heavy (non-hydrogen) atoms. The summed E-state index contributed by atoms with van der Waals surface area (Å²) in [6, 6.07) is 23.2. The Bertz CT molecular complexity index is 981. The Hall–Kier alpha value is -2.99. The summed E-state index contributed by atoms with van der Waals surface area (Å²) < 4.78 is 37.7. The summed E-state index contributed by atoms with van der Waals surface area (Å²) in [5.74, 6) is -1.23. The van der Waals surface area contributed by atoms with Crippen LogP contribution in [0.1, 0.15) is 23.6 Å². The maximum Gasteiger partial charge on any atom is 0.221 e. The van der Waals surface area contributed by atoms with Crippen molar-refractivity contribution in [1.29, 1.82) is 0 Å². The van der Waals surface area contributed by atoms with Gasteiger partial charge in [-0.05, 0) is 35.4 Å². The molecule has 0 aromatic heterocycles. The Balaban J connectivity index is 1.71. The number of carbonyl (C=O) groups excluding carboxylic acids is 1. The molecule has 0 saturated heterocycles. The number of sulfone groups is 1. The summed E-state index contributed by atoms with van der Waals surface area (Å²) in [6.07, 6.45) is -0.185. The van der Waals surface area contributed by atoms with E-state index in [1.807, 2.05) is 60.7 Å². The normalized spacial score (nSPS) is 11.4. The topological polar surface area (TPSA) is 63.2 Å². The molecule has 0 spiro atoms. The van der Waals surface area contributed by atoms with Crippen LogP contribution in [-0.4, -0.2) is 20.1 Å². The van der Waals surface area contributed by atoms with E-state index in [0.29, 0.717) is 0 Å². The van der Waals surface area contributed by atoms with Crippen molar-refractivity contribution < 1.29 is 17.6 Å². The third-order valence-corrected chi connectivity index (χ3v) is 6.07. The maximum atomic E-state index is 13.0. The zero-order chi connectivity index (χ0) is 20.0. The third-order valence-electron chi connectivity index (χ3n) is 4.34. The summed E-state index contributed by atoms with van der Waals surface area (Å²) in [5.41, 5.74) is 1.81. The summed E-state index contributed by atoms with van der Waals surface area (Å²) in [4.78, 5) is 12.5. The smallest absolute Gasteiger partial charge is 0.221 e. The molecule has 3 rings (SSSR count). The van der Waals surface area contributed by atoms with Crippen LogP contribution in [0.2, 0.25) is 0 Å². The van der Waals surface area contributed by atoms with Crippen molar-refractivity contribution in [3.05, 3.63) is 102 Å². The van der Waals surface area contributed by atoms with E-state index < -0.39 is 15.7 Å². The molecule has 3 aromatic carbocycles. The van der Waals surface area contributed by atoms with E-state index in [0.717, 1.165) is 23.3 Å². The van der Waals surface area contributed by atoms with Crippen LogP contribution in [-0.2, 0) is 14.6 Å². The fourth-order valence-electron chi connectivity index (χ4n) is 2.87. The molecular formula is C22H20FNO3S. The predicted molar refractivity (Wildman–Crippen MR) is 106 cm³/mol. The second kappa shape index (κ2) is 8.80. The van der Waals surface area contributed by atoms with Gasteiger partial charge in [0.1, 0.15) is 5.82 Å². The van der Waals surface area contributed by atoms with Crippen LogP contribution < -0.4 is 5.32 Å². The van der Waals surface area contributed by atoms with E-state index in [1.54, 1.807) is 0 Å². The molecule has 0 bridgehead atoms. The van der Waals surface area contributed by atoms with E-state index in [4.69, 9.17) is 0 Å². The molecule has 1 amide bonds. The van der Waals surface area contributed by atoms with Gasteiger partial charge in [-0.15, -0.1) is 0 Å². The van der Waals surface area contributed by atoms with Crippen molar-refractivity contribution in [3.8, 4) is 0 Å². The van der Waals surface area contributed by atoms with Gasteiger partial charge >= 0.3 is 0 Å². The molecule has 0 aliphatic rings. The Kier molecular flexibility index (Phi) is 6.21. The number of amides is 1. The van der Waals surface area contributed by atoms with Crippen molar-refractivity contribution in [2.45, 2.75) is 17.4 Å². The van der Waals surface area contributed by atoms with Gasteiger partial charge in [-0.3, -0.25) is 4.79 Å². The number of benzene rings is 3. The first-order chi connectivity index (χ1) is 13.5. The second-order valence-corrected chi connectivity index (χ2v) is 8.45. The van der Waals surface area contributed by atoms with Gasteiger partial charge in [0.15, 0.2) is 9.84 Å². The van der Waals surface area contributed by atoms with Gasteiger partial charge in [-0.1, -0.05) is 60.7 Å². The van der Waals surface area contributed by atoms with Crippen LogP contribution in [0.4, 0.5) is 4.39 Å². The van der Waals surface area contributed by atoms with Crippen LogP contribution in [0.5, 0.6) is 0 Å². The summed E-state index contributed by atoms with van der Waals surface area (Å²) in [5, 5.41) is 2.92. The number of nitrogens with one attached hydrogen (secondary N) is 1. The molecule has 3 aromatic rings. The molecule has 0 radical (unpaired) electrons. The lowest BCUT2D eigenvalue weighted by atomic mass is 9.98. The van der Waals surface area contributed by atoms with Gasteiger partial charge in [0.05, 0.1) is 16.7 Å². The molecule has 0 unspecified atom stereocenters. The van der Waals surface area contributed by atoms with Crippen LogP contribution in [0.25, 0.3) is 0 Å². The standard InChI is InChI=1S/C22H20FNO3S/c23-19-11-13-20(14-12-19)28(26,27)16-15-21(25)24-22(17-7-3-1-4-8-17)18-9-5-2-6-10-18/h1-14,22H,15-16H2,(H,24,25). The molecule has 0 atom stereocenters. The minimum Gasteiger partial charge on any atom is -0.345 e. The highest BCUT2D eigenvalue weighted by Crippen LogP contribution is 2.22. The molecular weight excluding hydrogens is 377 g/mol. The molecule has 6 heteroatoms. The first-order valence-electron chi connectivity index (χ1n) is 8.83. The van der Waals surface area contributed by atoms with Gasteiger partial charge in [0.2, 0.25) is 5.91 Å². The minimum atomic E-state index is -3.66. The van der Waals surface area contributed by atoms with Gasteiger partial charge in [0, 0.05) is 6.42 Å². The summed E-state index contributed by atoms with van der Waals surface area (Å²) in [6.45, 7) is 0. The van der Waals surface area contributed by atoms with Crippen molar-refractivity contribution in [1.82, 2.24) is 5.32 Å². The average Bonchev–Trinajstić information content (AvgIpc) is 2.72. The van der Waals surface area contributed by atoms with E-state index in [-0.39, 0.29) is 29.0 Å². The molecule has 0 saturated carbocycles. The molecule has 0 heterocycles. The maximum absolute atomic E-state index is 13.0. The van der Waals surface area contributed by atoms with Crippen molar-refractivity contribution in [2.24, 2.45) is 0 Å². The lowest BCUT2D eigenvalue weighted by Crippen LogP contribution is -2.30. The van der Waals surface area contributed by atoms with Crippen molar-refractivity contribution in [2.75, 3.05) is 5.75 Å². The van der Waals surface area contributed by atoms with E-state index in [9.17, 15) is 17.6 Å². The first kappa shape index (κ1) is 19.8. The number of carbonyl (C=O) groups is 1. The molecule has 4 nitrogen and oxygen atoms in total. The highest BCUT2D eigenvalue weighted by atomic mass is 32.2. The Labute approximate surface area is 164 Å². The van der Waals surface area contributed by atoms with E-state index in [2.05, 4.69) is 5.32 Å². The van der Waals surface area contributed by atoms with Crippen LogP contribution >= 0.6 is 0 Å². The first-order valence-corrected chi connectivity index (χ1v) is 10.5. The minimum absolute atomic E-state index is 0.00405. The molecule has 144 valence electrons. The quantitative estimate of drug-likeness (QED) is 0.615. The van der Waals surface area contributed by atoms with Crippen molar-refractivity contribution in [3.63, 3.8) is 0 Å². The third kappa shape index (κ3) is 5.04. The van der Waals surface area contributed by atoms with E-state index in [1.165, 1.54) is 12.1 Å². The van der Waals surface area contributed by atoms with Gasteiger partial charge in [-0.25, -0.2) is 12.8 Å². The van der Waals surface area contributed by atoms with Crippen LogP contribution in [0.3, 0.4) is 0 Å². The fraction of sp³-hybridized carbons (Fsp3) is 0.136. The SMILES string of the molecule is O=C(CCS(=O)(=O)c1ccc(F)cc1)NC(c1ccccc1)c1ccccc1. The molecule has 0 aliphatic heterocycles. The average molecular weight is 397 g/mol. The molecule has 1 N–H and O–H groups in total. The van der Waals surface area contributed by atoms with Crippen molar-refractivity contribution >= 4 is 15.7 Å². The Morgan fingerprint density at radius 3 is 1.82 bits per heavy atom. The highest BCUT2D eigenvalue weighted by molar-refractivity contribution is 7.91. The largest absolute Gasteiger partial charge is 0.345 e. The zero-order valence-corrected chi connectivity index (χ0v) is 15.9. The molecule has 0 aliphatic carbocycles. The second-order valence-electron chi connectivity index (χ2n) is 6.34. The number of hydrogen-bond acceptors (Lipinski definition) is 3. The monoisotopic (exact) mass is 397 g/mol. The predicted octanol–water partition coefficient (Wildman–Crippen LogP) is 3.90. The Morgan fingerprint density at radius 2 is 1.32 bits per heavy atom.